The molecule has 5 heteroatoms. The Kier molecular flexibility index (Phi) is 2.10. The number of hydrogen-bond acceptors (Lipinski definition) is 5. The highest BCUT2D eigenvalue weighted by Crippen LogP contribution is 2.41. The van der Waals surface area contributed by atoms with E-state index in [-0.39, 0.29) is 0 Å². The van der Waals surface area contributed by atoms with Gasteiger partial charge in [0.2, 0.25) is 0 Å². The van der Waals surface area contributed by atoms with Gasteiger partial charge in [0.15, 0.2) is 5.75 Å². The van der Waals surface area contributed by atoms with Crippen LogP contribution in [0.3, 0.4) is 0 Å². The third-order valence-electron chi connectivity index (χ3n) is 2.08. The molecule has 0 aliphatic heterocycles. The maximum atomic E-state index is 5.72. The van der Waals surface area contributed by atoms with Crippen LogP contribution in [0.2, 0.25) is 0 Å². The number of ether oxygens (including phenoxy) is 1. The molecule has 72 valence electrons. The lowest BCUT2D eigenvalue weighted by Gasteiger charge is -2.15. The molecule has 0 amide bonds. The predicted octanol–water partition coefficient (Wildman–Crippen LogP) is 0.332. The first-order valence-electron chi connectivity index (χ1n) is 3.77. The summed E-state index contributed by atoms with van der Waals surface area (Å²) in [5.41, 5.74) is 24.9. The summed E-state index contributed by atoms with van der Waals surface area (Å²) in [6, 6.07) is 0. The second-order valence-electron chi connectivity index (χ2n) is 2.81. The third-order valence-corrected chi connectivity index (χ3v) is 2.08. The Labute approximate surface area is 76.6 Å². The quantitative estimate of drug-likeness (QED) is 0.467. The van der Waals surface area contributed by atoms with Gasteiger partial charge in [-0.1, -0.05) is 0 Å². The van der Waals surface area contributed by atoms with Crippen LogP contribution in [-0.4, -0.2) is 7.11 Å². The van der Waals surface area contributed by atoms with Gasteiger partial charge >= 0.3 is 0 Å². The van der Waals surface area contributed by atoms with Crippen LogP contribution >= 0.6 is 0 Å². The van der Waals surface area contributed by atoms with E-state index in [1.807, 2.05) is 0 Å². The molecule has 0 aliphatic carbocycles. The zero-order valence-corrected chi connectivity index (χ0v) is 7.72. The summed E-state index contributed by atoms with van der Waals surface area (Å²) in [4.78, 5) is 0. The van der Waals surface area contributed by atoms with Crippen molar-refractivity contribution in [1.29, 1.82) is 0 Å². The van der Waals surface area contributed by atoms with Crippen LogP contribution in [-0.2, 0) is 0 Å². The summed E-state index contributed by atoms with van der Waals surface area (Å²) in [6.07, 6.45) is 0. The number of nitrogen functional groups attached to an aromatic ring is 4. The number of rotatable bonds is 1. The molecule has 8 N–H and O–H groups in total. The topological polar surface area (TPSA) is 113 Å². The lowest BCUT2D eigenvalue weighted by atomic mass is 10.1. The maximum absolute atomic E-state index is 5.72. The van der Waals surface area contributed by atoms with Crippen LogP contribution < -0.4 is 27.7 Å². The van der Waals surface area contributed by atoms with Crippen LogP contribution in [0.4, 0.5) is 22.7 Å². The Morgan fingerprint density at radius 1 is 0.846 bits per heavy atom. The van der Waals surface area contributed by atoms with E-state index in [1.54, 1.807) is 6.92 Å². The van der Waals surface area contributed by atoms with Crippen molar-refractivity contribution in [3.05, 3.63) is 5.56 Å². The fraction of sp³-hybridized carbons (Fsp3) is 0.250. The fourth-order valence-electron chi connectivity index (χ4n) is 1.15. The molecule has 0 bridgehead atoms. The molecule has 0 heterocycles. The van der Waals surface area contributed by atoms with Crippen LogP contribution in [0.15, 0.2) is 0 Å². The normalized spacial score (nSPS) is 10.0. The molecule has 0 radical (unpaired) electrons. The zero-order valence-electron chi connectivity index (χ0n) is 7.72. The van der Waals surface area contributed by atoms with Gasteiger partial charge < -0.3 is 27.7 Å². The lowest BCUT2D eigenvalue weighted by Crippen LogP contribution is -2.07. The first-order valence-corrected chi connectivity index (χ1v) is 3.77. The van der Waals surface area contributed by atoms with Crippen LogP contribution in [0.5, 0.6) is 5.75 Å². The van der Waals surface area contributed by atoms with E-state index >= 15 is 0 Å². The van der Waals surface area contributed by atoms with Crippen LogP contribution in [0, 0.1) is 6.92 Å². The van der Waals surface area contributed by atoms with Gasteiger partial charge in [-0.25, -0.2) is 0 Å². The van der Waals surface area contributed by atoms with Crippen molar-refractivity contribution in [2.75, 3.05) is 30.0 Å². The van der Waals surface area contributed by atoms with Crippen molar-refractivity contribution >= 4 is 22.7 Å². The average Bonchev–Trinajstić information content (AvgIpc) is 2.13. The molecule has 0 saturated heterocycles. The summed E-state index contributed by atoms with van der Waals surface area (Å²) in [7, 11) is 1.48. The van der Waals surface area contributed by atoms with Crippen molar-refractivity contribution in [2.24, 2.45) is 0 Å². The standard InChI is InChI=1S/C8H14N4O/c1-3-4(9)6(11)7(12)8(13-2)5(3)10/h9-12H2,1-2H3. The molecule has 1 aromatic rings. The second kappa shape index (κ2) is 2.93. The van der Waals surface area contributed by atoms with Gasteiger partial charge in [-0.05, 0) is 6.92 Å². The summed E-state index contributed by atoms with van der Waals surface area (Å²) in [6.45, 7) is 1.77. The van der Waals surface area contributed by atoms with Gasteiger partial charge in [0.05, 0.1) is 24.2 Å². The second-order valence-corrected chi connectivity index (χ2v) is 2.81. The first-order chi connectivity index (χ1) is 6.00. The molecule has 0 spiro atoms. The number of methoxy groups -OCH3 is 1. The van der Waals surface area contributed by atoms with Gasteiger partial charge in [-0.2, -0.15) is 0 Å². The third kappa shape index (κ3) is 1.18. The van der Waals surface area contributed by atoms with E-state index < -0.39 is 0 Å². The Morgan fingerprint density at radius 2 is 1.38 bits per heavy atom. The van der Waals surface area contributed by atoms with Crippen molar-refractivity contribution in [3.8, 4) is 5.75 Å². The molecule has 5 nitrogen and oxygen atoms in total. The summed E-state index contributed by atoms with van der Waals surface area (Å²) >= 11 is 0. The summed E-state index contributed by atoms with van der Waals surface area (Å²) in [5.74, 6) is 0.393. The van der Waals surface area contributed by atoms with Gasteiger partial charge in [-0.15, -0.1) is 0 Å². The largest absolute Gasteiger partial charge is 0.492 e. The van der Waals surface area contributed by atoms with Gasteiger partial charge in [-0.3, -0.25) is 0 Å². The van der Waals surface area contributed by atoms with E-state index in [0.29, 0.717) is 34.1 Å². The van der Waals surface area contributed by atoms with E-state index in [2.05, 4.69) is 0 Å². The number of benzene rings is 1. The highest BCUT2D eigenvalue weighted by molar-refractivity contribution is 5.91. The first kappa shape index (κ1) is 9.31. The van der Waals surface area contributed by atoms with Crippen LogP contribution in [0.1, 0.15) is 5.56 Å². The Morgan fingerprint density at radius 3 is 1.85 bits per heavy atom. The van der Waals surface area contributed by atoms with E-state index in [1.165, 1.54) is 7.11 Å². The Hall–Kier alpha value is -1.78. The lowest BCUT2D eigenvalue weighted by molar-refractivity contribution is 0.419. The Bertz CT molecular complexity index is 319. The number of anilines is 4. The van der Waals surface area contributed by atoms with Crippen molar-refractivity contribution in [2.45, 2.75) is 6.92 Å². The SMILES string of the molecule is COc1c(N)c(C)c(N)c(N)c1N. The zero-order chi connectivity index (χ0) is 10.2. The monoisotopic (exact) mass is 182 g/mol. The van der Waals surface area contributed by atoms with Gasteiger partial charge in [0.1, 0.15) is 5.69 Å². The maximum Gasteiger partial charge on any atom is 0.167 e. The molecule has 1 rings (SSSR count). The fourth-order valence-corrected chi connectivity index (χ4v) is 1.15. The molecule has 0 saturated carbocycles. The minimum Gasteiger partial charge on any atom is -0.492 e. The molecule has 0 unspecified atom stereocenters. The molecular formula is C8H14N4O. The average molecular weight is 182 g/mol. The predicted molar refractivity (Wildman–Crippen MR) is 55.4 cm³/mol. The molecule has 0 atom stereocenters. The highest BCUT2D eigenvalue weighted by Gasteiger charge is 2.14. The van der Waals surface area contributed by atoms with E-state index in [9.17, 15) is 0 Å². The van der Waals surface area contributed by atoms with Crippen molar-refractivity contribution in [3.63, 3.8) is 0 Å². The number of nitrogens with two attached hydrogens (primary N) is 4. The Balaban J connectivity index is 3.56. The molecule has 1 aromatic carbocycles. The van der Waals surface area contributed by atoms with Gasteiger partial charge in [0.25, 0.3) is 0 Å². The smallest absolute Gasteiger partial charge is 0.167 e. The number of hydrogen-bond donors (Lipinski definition) is 4. The van der Waals surface area contributed by atoms with Crippen molar-refractivity contribution in [1.82, 2.24) is 0 Å². The molecule has 0 aliphatic rings. The van der Waals surface area contributed by atoms with Gasteiger partial charge in [0, 0.05) is 5.56 Å². The van der Waals surface area contributed by atoms with E-state index in [4.69, 9.17) is 27.7 Å². The van der Waals surface area contributed by atoms with Crippen LogP contribution in [0.25, 0.3) is 0 Å². The summed E-state index contributed by atoms with van der Waals surface area (Å²) < 4.78 is 5.01. The summed E-state index contributed by atoms with van der Waals surface area (Å²) in [5, 5.41) is 0. The highest BCUT2D eigenvalue weighted by atomic mass is 16.5. The molecule has 0 fully saturated rings. The minimum absolute atomic E-state index is 0.295. The molecule has 0 aromatic heterocycles. The van der Waals surface area contributed by atoms with Crippen molar-refractivity contribution < 1.29 is 4.74 Å². The molecule has 13 heavy (non-hydrogen) atoms. The van der Waals surface area contributed by atoms with E-state index in [0.717, 1.165) is 0 Å². The minimum atomic E-state index is 0.295. The molecular weight excluding hydrogens is 168 g/mol.